The molecule has 1 heterocycles. The molecule has 30 heavy (non-hydrogen) atoms. The van der Waals surface area contributed by atoms with Crippen LogP contribution in [0.5, 0.6) is 0 Å². The summed E-state index contributed by atoms with van der Waals surface area (Å²) in [6.45, 7) is 4.40. The maximum Gasteiger partial charge on any atom is 0.338 e. The second-order valence-electron chi connectivity index (χ2n) is 7.31. The molecule has 3 rings (SSSR count). The lowest BCUT2D eigenvalue weighted by molar-refractivity contribution is -0.120. The van der Waals surface area contributed by atoms with E-state index in [1.54, 1.807) is 55.5 Å². The molecular formula is C22H26N2O5S. The lowest BCUT2D eigenvalue weighted by Gasteiger charge is -2.31. The predicted octanol–water partition coefficient (Wildman–Crippen LogP) is 3.21. The van der Waals surface area contributed by atoms with E-state index < -0.39 is 21.9 Å². The van der Waals surface area contributed by atoms with Gasteiger partial charge < -0.3 is 10.1 Å². The van der Waals surface area contributed by atoms with E-state index in [9.17, 15) is 18.0 Å². The Balaban J connectivity index is 1.69. The van der Waals surface area contributed by atoms with Crippen molar-refractivity contribution in [1.29, 1.82) is 0 Å². The molecule has 0 spiro atoms. The Morgan fingerprint density at radius 1 is 1.17 bits per heavy atom. The second-order valence-corrected chi connectivity index (χ2v) is 9.24. The van der Waals surface area contributed by atoms with Gasteiger partial charge in [-0.25, -0.2) is 13.2 Å². The largest absolute Gasteiger partial charge is 0.462 e. The molecule has 1 fully saturated rings. The summed E-state index contributed by atoms with van der Waals surface area (Å²) in [5, 5.41) is 2.80. The first-order valence-corrected chi connectivity index (χ1v) is 11.4. The molecule has 0 aliphatic carbocycles. The Kier molecular flexibility index (Phi) is 6.89. The third-order valence-electron chi connectivity index (χ3n) is 5.05. The van der Waals surface area contributed by atoms with Crippen LogP contribution in [0.25, 0.3) is 0 Å². The number of hydrogen-bond acceptors (Lipinski definition) is 5. The number of hydrogen-bond donors (Lipinski definition) is 1. The van der Waals surface area contributed by atoms with Crippen molar-refractivity contribution in [3.8, 4) is 0 Å². The topological polar surface area (TPSA) is 92.8 Å². The zero-order chi connectivity index (χ0) is 21.7. The SMILES string of the molecule is CCOC(=O)c1cccc(NC(=O)[C@H]2CCCN(S(=O)(=O)c3ccc(C)cc3)C2)c1. The minimum atomic E-state index is -3.65. The molecule has 0 saturated carbocycles. The molecule has 160 valence electrons. The van der Waals surface area contributed by atoms with Crippen LogP contribution in [0.2, 0.25) is 0 Å². The van der Waals surface area contributed by atoms with E-state index >= 15 is 0 Å². The quantitative estimate of drug-likeness (QED) is 0.711. The third-order valence-corrected chi connectivity index (χ3v) is 6.93. The molecule has 0 radical (unpaired) electrons. The maximum atomic E-state index is 12.9. The van der Waals surface area contributed by atoms with Crippen LogP contribution in [0.4, 0.5) is 5.69 Å². The van der Waals surface area contributed by atoms with E-state index in [2.05, 4.69) is 5.32 Å². The number of esters is 1. The lowest BCUT2D eigenvalue weighted by atomic mass is 9.98. The first kappa shape index (κ1) is 22.0. The highest BCUT2D eigenvalue weighted by Gasteiger charge is 2.33. The van der Waals surface area contributed by atoms with E-state index in [4.69, 9.17) is 4.74 Å². The number of aryl methyl sites for hydroxylation is 1. The molecule has 1 amide bonds. The van der Waals surface area contributed by atoms with Crippen LogP contribution in [0.15, 0.2) is 53.4 Å². The van der Waals surface area contributed by atoms with Crippen LogP contribution in [0.1, 0.15) is 35.7 Å². The fourth-order valence-corrected chi connectivity index (χ4v) is 4.94. The van der Waals surface area contributed by atoms with Gasteiger partial charge in [0.25, 0.3) is 0 Å². The van der Waals surface area contributed by atoms with Gasteiger partial charge in [-0.2, -0.15) is 4.31 Å². The molecule has 8 heteroatoms. The van der Waals surface area contributed by atoms with E-state index in [0.717, 1.165) is 5.56 Å². The Bertz CT molecular complexity index is 1020. The van der Waals surface area contributed by atoms with E-state index in [0.29, 0.717) is 30.6 Å². The van der Waals surface area contributed by atoms with Gasteiger partial charge in [-0.05, 0) is 57.0 Å². The third kappa shape index (κ3) is 5.06. The molecule has 1 saturated heterocycles. The summed E-state index contributed by atoms with van der Waals surface area (Å²) in [6, 6.07) is 13.2. The molecule has 1 atom stereocenters. The Labute approximate surface area is 177 Å². The number of ether oxygens (including phenoxy) is 1. The van der Waals surface area contributed by atoms with E-state index in [-0.39, 0.29) is 24.0 Å². The van der Waals surface area contributed by atoms with Gasteiger partial charge in [0.1, 0.15) is 0 Å². The fourth-order valence-electron chi connectivity index (χ4n) is 3.42. The number of amides is 1. The summed E-state index contributed by atoms with van der Waals surface area (Å²) in [5.74, 6) is -1.19. The Hall–Kier alpha value is -2.71. The smallest absolute Gasteiger partial charge is 0.338 e. The molecule has 2 aromatic carbocycles. The van der Waals surface area contributed by atoms with Gasteiger partial charge in [-0.1, -0.05) is 23.8 Å². The molecule has 1 aliphatic rings. The first-order valence-electron chi connectivity index (χ1n) is 9.96. The van der Waals surface area contributed by atoms with Crippen LogP contribution in [0, 0.1) is 12.8 Å². The van der Waals surface area contributed by atoms with Gasteiger partial charge in [0.05, 0.1) is 23.0 Å². The summed E-state index contributed by atoms with van der Waals surface area (Å²) >= 11 is 0. The van der Waals surface area contributed by atoms with Crippen LogP contribution < -0.4 is 5.32 Å². The number of sulfonamides is 1. The van der Waals surface area contributed by atoms with Crippen molar-refractivity contribution < 1.29 is 22.7 Å². The number of nitrogens with one attached hydrogen (secondary N) is 1. The highest BCUT2D eigenvalue weighted by molar-refractivity contribution is 7.89. The number of carbonyl (C=O) groups excluding carboxylic acids is 2. The van der Waals surface area contributed by atoms with Crippen molar-refractivity contribution in [2.24, 2.45) is 5.92 Å². The van der Waals surface area contributed by atoms with Crippen molar-refractivity contribution >= 4 is 27.6 Å². The maximum absolute atomic E-state index is 12.9. The predicted molar refractivity (Wildman–Crippen MR) is 114 cm³/mol. The van der Waals surface area contributed by atoms with Gasteiger partial charge in [0, 0.05) is 18.8 Å². The highest BCUT2D eigenvalue weighted by Crippen LogP contribution is 2.25. The lowest BCUT2D eigenvalue weighted by Crippen LogP contribution is -2.43. The van der Waals surface area contributed by atoms with Gasteiger partial charge in [-0.15, -0.1) is 0 Å². The Morgan fingerprint density at radius 2 is 1.90 bits per heavy atom. The number of anilines is 1. The minimum absolute atomic E-state index is 0.125. The zero-order valence-corrected chi connectivity index (χ0v) is 17.9. The first-order chi connectivity index (χ1) is 14.3. The average Bonchev–Trinajstić information content (AvgIpc) is 2.74. The molecule has 0 unspecified atom stereocenters. The summed E-state index contributed by atoms with van der Waals surface area (Å²) in [4.78, 5) is 24.9. The van der Waals surface area contributed by atoms with Gasteiger partial charge >= 0.3 is 5.97 Å². The molecule has 2 aromatic rings. The molecule has 7 nitrogen and oxygen atoms in total. The molecule has 0 bridgehead atoms. The summed E-state index contributed by atoms with van der Waals surface area (Å²) in [5.41, 5.74) is 1.81. The van der Waals surface area contributed by atoms with Crippen molar-refractivity contribution in [1.82, 2.24) is 4.31 Å². The number of rotatable bonds is 6. The monoisotopic (exact) mass is 430 g/mol. The summed E-state index contributed by atoms with van der Waals surface area (Å²) in [7, 11) is -3.65. The number of carbonyl (C=O) groups is 2. The van der Waals surface area contributed by atoms with E-state index in [1.807, 2.05) is 6.92 Å². The van der Waals surface area contributed by atoms with Gasteiger partial charge in [0.2, 0.25) is 15.9 Å². The van der Waals surface area contributed by atoms with E-state index in [1.165, 1.54) is 4.31 Å². The number of nitrogens with zero attached hydrogens (tertiary/aromatic N) is 1. The fraction of sp³-hybridized carbons (Fsp3) is 0.364. The second kappa shape index (κ2) is 9.40. The Morgan fingerprint density at radius 3 is 2.60 bits per heavy atom. The normalized spacial score (nSPS) is 17.3. The molecule has 1 aliphatic heterocycles. The van der Waals surface area contributed by atoms with Gasteiger partial charge in [0.15, 0.2) is 0 Å². The van der Waals surface area contributed by atoms with Crippen LogP contribution in [-0.4, -0.2) is 44.3 Å². The molecule has 0 aromatic heterocycles. The number of benzene rings is 2. The van der Waals surface area contributed by atoms with Crippen LogP contribution in [0.3, 0.4) is 0 Å². The van der Waals surface area contributed by atoms with Crippen LogP contribution in [-0.2, 0) is 19.6 Å². The van der Waals surface area contributed by atoms with Crippen molar-refractivity contribution in [3.63, 3.8) is 0 Å². The molecule has 1 N–H and O–H groups in total. The van der Waals surface area contributed by atoms with Crippen molar-refractivity contribution in [2.45, 2.75) is 31.6 Å². The minimum Gasteiger partial charge on any atom is -0.462 e. The molecular weight excluding hydrogens is 404 g/mol. The van der Waals surface area contributed by atoms with Crippen LogP contribution >= 0.6 is 0 Å². The highest BCUT2D eigenvalue weighted by atomic mass is 32.2. The summed E-state index contributed by atoms with van der Waals surface area (Å²) in [6.07, 6.45) is 1.20. The van der Waals surface area contributed by atoms with Crippen molar-refractivity contribution in [2.75, 3.05) is 25.0 Å². The summed E-state index contributed by atoms with van der Waals surface area (Å²) < 4.78 is 32.3. The zero-order valence-electron chi connectivity index (χ0n) is 17.1. The van der Waals surface area contributed by atoms with Gasteiger partial charge in [-0.3, -0.25) is 4.79 Å². The average molecular weight is 431 g/mol. The van der Waals surface area contributed by atoms with Crippen molar-refractivity contribution in [3.05, 3.63) is 59.7 Å². The standard InChI is InChI=1S/C22H26N2O5S/c1-3-29-22(26)17-6-4-8-19(14-17)23-21(25)18-7-5-13-24(15-18)30(27,28)20-11-9-16(2)10-12-20/h4,6,8-12,14,18H,3,5,7,13,15H2,1-2H3,(H,23,25)/t18-/m0/s1. The number of piperidine rings is 1.